The van der Waals surface area contributed by atoms with Gasteiger partial charge in [-0.15, -0.1) is 0 Å². The Hall–Kier alpha value is -0.120. The van der Waals surface area contributed by atoms with Crippen LogP contribution in [-0.4, -0.2) is 49.5 Å². The van der Waals surface area contributed by atoms with Crippen molar-refractivity contribution >= 4 is 0 Å². The number of aliphatic hydroxyl groups is 1. The Labute approximate surface area is 97.8 Å². The Morgan fingerprint density at radius 1 is 1.44 bits per heavy atom. The Morgan fingerprint density at radius 3 is 2.81 bits per heavy atom. The van der Waals surface area contributed by atoms with Crippen LogP contribution in [0.15, 0.2) is 0 Å². The summed E-state index contributed by atoms with van der Waals surface area (Å²) in [6.45, 7) is 7.79. The molecule has 92 valence electrons. The van der Waals surface area contributed by atoms with Gasteiger partial charge >= 0.3 is 0 Å². The highest BCUT2D eigenvalue weighted by atomic mass is 16.5. The van der Waals surface area contributed by atoms with E-state index in [9.17, 15) is 5.11 Å². The van der Waals surface area contributed by atoms with Gasteiger partial charge in [-0.05, 0) is 32.1 Å². The number of ether oxygens (including phenoxy) is 1. The van der Waals surface area contributed by atoms with Gasteiger partial charge in [-0.2, -0.15) is 0 Å². The fourth-order valence-electron chi connectivity index (χ4n) is 3.39. The van der Waals surface area contributed by atoms with Crippen molar-refractivity contribution in [3.63, 3.8) is 0 Å². The summed E-state index contributed by atoms with van der Waals surface area (Å²) in [6.07, 6.45) is 3.93. The van der Waals surface area contributed by atoms with E-state index in [0.29, 0.717) is 17.4 Å². The monoisotopic (exact) mass is 225 g/mol. The highest BCUT2D eigenvalue weighted by Gasteiger charge is 2.60. The van der Waals surface area contributed by atoms with E-state index in [1.54, 1.807) is 0 Å². The van der Waals surface area contributed by atoms with Crippen molar-refractivity contribution < 1.29 is 9.84 Å². The molecule has 3 rings (SSSR count). The van der Waals surface area contributed by atoms with Gasteiger partial charge in [0, 0.05) is 37.1 Å². The molecule has 1 N–H and O–H groups in total. The predicted octanol–water partition coefficient (Wildman–Crippen LogP) is 1.12. The number of likely N-dealkylation sites (tertiary alicyclic amines) is 1. The number of rotatable bonds is 6. The molecular formula is C13H23NO2. The molecule has 2 saturated carbocycles. The lowest BCUT2D eigenvalue weighted by atomic mass is 10.1. The summed E-state index contributed by atoms with van der Waals surface area (Å²) in [7, 11) is 0. The zero-order valence-electron chi connectivity index (χ0n) is 10.2. The zero-order chi connectivity index (χ0) is 11.2. The van der Waals surface area contributed by atoms with Crippen molar-refractivity contribution in [3.05, 3.63) is 0 Å². The summed E-state index contributed by atoms with van der Waals surface area (Å²) in [5.41, 5.74) is 0.783. The first-order valence-electron chi connectivity index (χ1n) is 6.63. The molecule has 0 amide bonds. The van der Waals surface area contributed by atoms with Crippen molar-refractivity contribution in [2.75, 3.05) is 39.5 Å². The first-order chi connectivity index (χ1) is 7.72. The molecule has 3 heteroatoms. The van der Waals surface area contributed by atoms with Crippen molar-refractivity contribution in [1.82, 2.24) is 4.90 Å². The van der Waals surface area contributed by atoms with Crippen LogP contribution in [0.5, 0.6) is 0 Å². The van der Waals surface area contributed by atoms with Gasteiger partial charge in [0.05, 0.1) is 13.2 Å². The molecule has 2 atom stereocenters. The normalized spacial score (nSPS) is 39.8. The highest BCUT2D eigenvalue weighted by molar-refractivity contribution is 5.11. The molecule has 0 aromatic rings. The minimum atomic E-state index is 0.307. The summed E-state index contributed by atoms with van der Waals surface area (Å²) in [5.74, 6) is 0.792. The minimum absolute atomic E-state index is 0.307. The van der Waals surface area contributed by atoms with Crippen LogP contribution in [-0.2, 0) is 4.74 Å². The molecule has 1 heterocycles. The van der Waals surface area contributed by atoms with E-state index in [1.165, 1.54) is 32.4 Å². The van der Waals surface area contributed by atoms with Gasteiger partial charge in [0.25, 0.3) is 0 Å². The predicted molar refractivity (Wildman–Crippen MR) is 62.2 cm³/mol. The average molecular weight is 225 g/mol. The van der Waals surface area contributed by atoms with Crippen molar-refractivity contribution in [2.24, 2.45) is 16.7 Å². The summed E-state index contributed by atoms with van der Waals surface area (Å²) in [5, 5.41) is 9.39. The molecule has 2 unspecified atom stereocenters. The summed E-state index contributed by atoms with van der Waals surface area (Å²) in [4.78, 5) is 2.57. The first-order valence-corrected chi connectivity index (χ1v) is 6.63. The number of nitrogens with zero attached hydrogens (tertiary/aromatic N) is 1. The molecule has 16 heavy (non-hydrogen) atoms. The van der Waals surface area contributed by atoms with Crippen LogP contribution in [0.25, 0.3) is 0 Å². The summed E-state index contributed by atoms with van der Waals surface area (Å²) in [6, 6.07) is 0. The third-order valence-corrected chi connectivity index (χ3v) is 4.82. The van der Waals surface area contributed by atoms with Gasteiger partial charge < -0.3 is 14.7 Å². The smallest absolute Gasteiger partial charge is 0.0534 e. The molecule has 2 aliphatic carbocycles. The Kier molecular flexibility index (Phi) is 2.54. The topological polar surface area (TPSA) is 32.7 Å². The second kappa shape index (κ2) is 3.69. The Balaban J connectivity index is 1.50. The van der Waals surface area contributed by atoms with Crippen LogP contribution >= 0.6 is 0 Å². The molecule has 3 aliphatic rings. The number of hydrogen-bond acceptors (Lipinski definition) is 3. The zero-order valence-corrected chi connectivity index (χ0v) is 10.2. The number of fused-ring (bicyclic) bond motifs is 1. The molecular weight excluding hydrogens is 202 g/mol. The molecule has 1 saturated heterocycles. The van der Waals surface area contributed by atoms with Crippen LogP contribution in [0, 0.1) is 16.7 Å². The highest BCUT2D eigenvalue weighted by Crippen LogP contribution is 2.58. The SMILES string of the molecule is CCOCC1(CN2CC3CC3(CO)C2)CC1. The van der Waals surface area contributed by atoms with Crippen LogP contribution < -0.4 is 0 Å². The van der Waals surface area contributed by atoms with Crippen LogP contribution in [0.2, 0.25) is 0 Å². The van der Waals surface area contributed by atoms with E-state index in [-0.39, 0.29) is 0 Å². The second-order valence-corrected chi connectivity index (χ2v) is 6.23. The van der Waals surface area contributed by atoms with Gasteiger partial charge in [0.2, 0.25) is 0 Å². The quantitative estimate of drug-likeness (QED) is 0.735. The molecule has 3 nitrogen and oxygen atoms in total. The van der Waals surface area contributed by atoms with Gasteiger partial charge in [-0.3, -0.25) is 0 Å². The number of hydrogen-bond donors (Lipinski definition) is 1. The fraction of sp³-hybridized carbons (Fsp3) is 1.00. The molecule has 3 fully saturated rings. The maximum absolute atomic E-state index is 9.39. The van der Waals surface area contributed by atoms with Gasteiger partial charge in [0.1, 0.15) is 0 Å². The Morgan fingerprint density at radius 2 is 2.25 bits per heavy atom. The molecule has 0 radical (unpaired) electrons. The largest absolute Gasteiger partial charge is 0.396 e. The van der Waals surface area contributed by atoms with E-state index < -0.39 is 0 Å². The first kappa shape index (κ1) is 11.0. The van der Waals surface area contributed by atoms with E-state index in [2.05, 4.69) is 11.8 Å². The fourth-order valence-corrected chi connectivity index (χ4v) is 3.39. The second-order valence-electron chi connectivity index (χ2n) is 6.23. The molecule has 0 aromatic heterocycles. The van der Waals surface area contributed by atoms with Crippen LogP contribution in [0.3, 0.4) is 0 Å². The van der Waals surface area contributed by atoms with E-state index in [4.69, 9.17) is 4.74 Å². The van der Waals surface area contributed by atoms with E-state index in [1.807, 2.05) is 0 Å². The van der Waals surface area contributed by atoms with Gasteiger partial charge in [-0.1, -0.05) is 0 Å². The summed E-state index contributed by atoms with van der Waals surface area (Å²) >= 11 is 0. The molecule has 1 aliphatic heterocycles. The molecule has 0 bridgehead atoms. The van der Waals surface area contributed by atoms with E-state index in [0.717, 1.165) is 25.7 Å². The van der Waals surface area contributed by atoms with Crippen molar-refractivity contribution in [1.29, 1.82) is 0 Å². The summed E-state index contributed by atoms with van der Waals surface area (Å²) < 4.78 is 5.58. The lowest BCUT2D eigenvalue weighted by molar-refractivity contribution is 0.0775. The van der Waals surface area contributed by atoms with Crippen LogP contribution in [0.4, 0.5) is 0 Å². The Bertz CT molecular complexity index is 273. The van der Waals surface area contributed by atoms with Gasteiger partial charge in [0.15, 0.2) is 0 Å². The molecule has 0 aromatic carbocycles. The third-order valence-electron chi connectivity index (χ3n) is 4.82. The lowest BCUT2D eigenvalue weighted by Crippen LogP contribution is -2.34. The third kappa shape index (κ3) is 1.79. The minimum Gasteiger partial charge on any atom is -0.396 e. The maximum atomic E-state index is 9.39. The standard InChI is InChI=1S/C13H23NO2/c1-2-16-10-12(3-4-12)7-14-6-11-5-13(11,8-14)9-15/h11,15H,2-10H2,1H3. The lowest BCUT2D eigenvalue weighted by Gasteiger charge is -2.25. The van der Waals surface area contributed by atoms with Crippen molar-refractivity contribution in [3.8, 4) is 0 Å². The number of aliphatic hydroxyl groups excluding tert-OH is 1. The van der Waals surface area contributed by atoms with Crippen LogP contribution in [0.1, 0.15) is 26.2 Å². The average Bonchev–Trinajstić information content (AvgIpc) is 3.16. The van der Waals surface area contributed by atoms with E-state index >= 15 is 0 Å². The maximum Gasteiger partial charge on any atom is 0.0534 e. The molecule has 0 spiro atoms. The number of piperidine rings is 1. The van der Waals surface area contributed by atoms with Gasteiger partial charge in [-0.25, -0.2) is 0 Å². The van der Waals surface area contributed by atoms with Crippen molar-refractivity contribution in [2.45, 2.75) is 26.2 Å².